The summed E-state index contributed by atoms with van der Waals surface area (Å²) in [5.41, 5.74) is 4.12. The number of nitro groups is 1. The molecule has 4 rings (SSSR count). The standard InChI is InChI=1S/C22H16N4O3/c1-13-10-20(26(27)28)14(2)9-17(13)21-8-7-16(29-21)11-15(12-23)22-24-18-5-3-4-6-19(18)25-22/h3-11H,1-2H3,(H,24,25)/b15-11-. The molecule has 2 aromatic carbocycles. The molecule has 4 aromatic rings. The second-order valence-electron chi connectivity index (χ2n) is 6.69. The number of nitriles is 1. The second kappa shape index (κ2) is 7.09. The van der Waals surface area contributed by atoms with E-state index >= 15 is 0 Å². The van der Waals surface area contributed by atoms with Crippen LogP contribution in [0.1, 0.15) is 22.7 Å². The van der Waals surface area contributed by atoms with Gasteiger partial charge in [0.05, 0.1) is 21.5 Å². The maximum absolute atomic E-state index is 11.1. The monoisotopic (exact) mass is 384 g/mol. The molecular weight excluding hydrogens is 368 g/mol. The lowest BCUT2D eigenvalue weighted by Gasteiger charge is -2.05. The molecule has 0 unspecified atom stereocenters. The third-order valence-electron chi connectivity index (χ3n) is 4.68. The number of H-pyrrole nitrogens is 1. The van der Waals surface area contributed by atoms with E-state index < -0.39 is 4.92 Å². The van der Waals surface area contributed by atoms with Crippen molar-refractivity contribution >= 4 is 28.4 Å². The first-order valence-electron chi connectivity index (χ1n) is 8.89. The smallest absolute Gasteiger partial charge is 0.272 e. The average molecular weight is 384 g/mol. The molecule has 1 N–H and O–H groups in total. The van der Waals surface area contributed by atoms with Crippen molar-refractivity contribution in [1.29, 1.82) is 5.26 Å². The third kappa shape index (κ3) is 3.39. The van der Waals surface area contributed by atoms with Crippen molar-refractivity contribution in [2.45, 2.75) is 13.8 Å². The van der Waals surface area contributed by atoms with Crippen LogP contribution in [0.15, 0.2) is 52.9 Å². The van der Waals surface area contributed by atoms with Gasteiger partial charge in [-0.3, -0.25) is 10.1 Å². The highest BCUT2D eigenvalue weighted by Gasteiger charge is 2.16. The van der Waals surface area contributed by atoms with Gasteiger partial charge >= 0.3 is 0 Å². The summed E-state index contributed by atoms with van der Waals surface area (Å²) < 4.78 is 5.89. The van der Waals surface area contributed by atoms with Gasteiger partial charge in [-0.15, -0.1) is 0 Å². The number of aryl methyl sites for hydroxylation is 2. The fourth-order valence-electron chi connectivity index (χ4n) is 3.21. The number of nitrogens with one attached hydrogen (secondary N) is 1. The summed E-state index contributed by atoms with van der Waals surface area (Å²) in [6.45, 7) is 3.50. The number of nitro benzene ring substituents is 1. The predicted molar refractivity (Wildman–Crippen MR) is 110 cm³/mol. The van der Waals surface area contributed by atoms with E-state index in [0.717, 1.165) is 22.2 Å². The van der Waals surface area contributed by atoms with Crippen molar-refractivity contribution in [3.63, 3.8) is 0 Å². The van der Waals surface area contributed by atoms with Crippen LogP contribution in [0.2, 0.25) is 0 Å². The van der Waals surface area contributed by atoms with Crippen LogP contribution < -0.4 is 0 Å². The number of hydrogen-bond donors (Lipinski definition) is 1. The summed E-state index contributed by atoms with van der Waals surface area (Å²) >= 11 is 0. The molecule has 0 bridgehead atoms. The lowest BCUT2D eigenvalue weighted by Crippen LogP contribution is -1.94. The van der Waals surface area contributed by atoms with E-state index in [-0.39, 0.29) is 5.69 Å². The molecule has 0 spiro atoms. The van der Waals surface area contributed by atoms with Gasteiger partial charge in [-0.25, -0.2) is 4.98 Å². The van der Waals surface area contributed by atoms with Crippen LogP contribution in [0.5, 0.6) is 0 Å². The molecule has 29 heavy (non-hydrogen) atoms. The molecule has 0 aliphatic rings. The van der Waals surface area contributed by atoms with E-state index in [4.69, 9.17) is 4.42 Å². The molecule has 0 saturated carbocycles. The van der Waals surface area contributed by atoms with E-state index in [2.05, 4.69) is 16.0 Å². The Hall–Kier alpha value is -4.18. The van der Waals surface area contributed by atoms with Gasteiger partial charge in [0, 0.05) is 23.3 Å². The normalized spacial score (nSPS) is 11.6. The molecule has 0 radical (unpaired) electrons. The number of imidazole rings is 1. The number of fused-ring (bicyclic) bond motifs is 1. The van der Waals surface area contributed by atoms with Crippen LogP contribution in [0.4, 0.5) is 5.69 Å². The first kappa shape index (κ1) is 18.2. The van der Waals surface area contributed by atoms with Gasteiger partial charge in [-0.05, 0) is 49.7 Å². The summed E-state index contributed by atoms with van der Waals surface area (Å²) in [6, 6.07) is 16.5. The van der Waals surface area contributed by atoms with Crippen LogP contribution in [0.3, 0.4) is 0 Å². The van der Waals surface area contributed by atoms with Gasteiger partial charge in [-0.1, -0.05) is 12.1 Å². The zero-order valence-electron chi connectivity index (χ0n) is 15.8. The van der Waals surface area contributed by atoms with Crippen molar-refractivity contribution < 1.29 is 9.34 Å². The highest BCUT2D eigenvalue weighted by atomic mass is 16.6. The van der Waals surface area contributed by atoms with Crippen LogP contribution in [-0.2, 0) is 0 Å². The SMILES string of the molecule is Cc1cc([N+](=O)[O-])c(C)cc1-c1ccc(/C=C(/C#N)c2nc3ccccc3[nH]2)o1. The Kier molecular flexibility index (Phi) is 4.45. The zero-order chi connectivity index (χ0) is 20.5. The minimum absolute atomic E-state index is 0.0783. The summed E-state index contributed by atoms with van der Waals surface area (Å²) in [7, 11) is 0. The maximum Gasteiger partial charge on any atom is 0.272 e. The van der Waals surface area contributed by atoms with Crippen molar-refractivity contribution in [3.05, 3.63) is 81.4 Å². The first-order valence-corrected chi connectivity index (χ1v) is 8.89. The van der Waals surface area contributed by atoms with Crippen LogP contribution >= 0.6 is 0 Å². The van der Waals surface area contributed by atoms with E-state index in [0.29, 0.717) is 28.5 Å². The highest BCUT2D eigenvalue weighted by Crippen LogP contribution is 2.32. The Morgan fingerprint density at radius 2 is 2.00 bits per heavy atom. The number of hydrogen-bond acceptors (Lipinski definition) is 5. The van der Waals surface area contributed by atoms with E-state index in [1.165, 1.54) is 6.07 Å². The molecule has 0 fully saturated rings. The van der Waals surface area contributed by atoms with E-state index in [9.17, 15) is 15.4 Å². The number of nitrogens with zero attached hydrogens (tertiary/aromatic N) is 3. The lowest BCUT2D eigenvalue weighted by molar-refractivity contribution is -0.385. The number of aromatic nitrogens is 2. The summed E-state index contributed by atoms with van der Waals surface area (Å²) in [6.07, 6.45) is 1.62. The Labute approximate surface area is 166 Å². The number of benzene rings is 2. The third-order valence-corrected chi connectivity index (χ3v) is 4.68. The Balaban J connectivity index is 1.71. The Bertz CT molecular complexity index is 1290. The molecule has 7 nitrogen and oxygen atoms in total. The summed E-state index contributed by atoms with van der Waals surface area (Å²) in [4.78, 5) is 18.3. The highest BCUT2D eigenvalue weighted by molar-refractivity contribution is 5.89. The fourth-order valence-corrected chi connectivity index (χ4v) is 3.21. The van der Waals surface area contributed by atoms with Crippen molar-refractivity contribution in [2.24, 2.45) is 0 Å². The van der Waals surface area contributed by atoms with Crippen molar-refractivity contribution in [1.82, 2.24) is 9.97 Å². The quantitative estimate of drug-likeness (QED) is 0.287. The fraction of sp³-hybridized carbons (Fsp3) is 0.0909. The number of para-hydroxylation sites is 2. The predicted octanol–water partition coefficient (Wildman–Crippen LogP) is 5.41. The van der Waals surface area contributed by atoms with Gasteiger partial charge in [0.25, 0.3) is 5.69 Å². The van der Waals surface area contributed by atoms with Gasteiger partial charge < -0.3 is 9.40 Å². The van der Waals surface area contributed by atoms with Crippen molar-refractivity contribution in [3.8, 4) is 17.4 Å². The van der Waals surface area contributed by atoms with Gasteiger partial charge in [0.2, 0.25) is 0 Å². The molecule has 7 heteroatoms. The zero-order valence-corrected chi connectivity index (χ0v) is 15.8. The van der Waals surface area contributed by atoms with Crippen LogP contribution in [0, 0.1) is 35.3 Å². The van der Waals surface area contributed by atoms with Crippen LogP contribution in [-0.4, -0.2) is 14.9 Å². The summed E-state index contributed by atoms with van der Waals surface area (Å²) in [5.74, 6) is 1.54. The van der Waals surface area contributed by atoms with Gasteiger partial charge in [-0.2, -0.15) is 5.26 Å². The molecule has 0 aliphatic heterocycles. The van der Waals surface area contributed by atoms with E-state index in [1.807, 2.05) is 24.3 Å². The maximum atomic E-state index is 11.1. The molecule has 2 aromatic heterocycles. The number of rotatable bonds is 4. The topological polar surface area (TPSA) is 109 Å². The average Bonchev–Trinajstić information content (AvgIpc) is 3.34. The van der Waals surface area contributed by atoms with Crippen molar-refractivity contribution in [2.75, 3.05) is 0 Å². The van der Waals surface area contributed by atoms with Crippen LogP contribution in [0.25, 0.3) is 34.0 Å². The number of aromatic amines is 1. The number of allylic oxidation sites excluding steroid dienone is 1. The first-order chi connectivity index (χ1) is 14.0. The minimum Gasteiger partial charge on any atom is -0.457 e. The number of furan rings is 1. The molecule has 142 valence electrons. The minimum atomic E-state index is -0.394. The van der Waals surface area contributed by atoms with Gasteiger partial charge in [0.15, 0.2) is 0 Å². The molecule has 0 atom stereocenters. The lowest BCUT2D eigenvalue weighted by atomic mass is 10.0. The van der Waals surface area contributed by atoms with E-state index in [1.54, 1.807) is 38.1 Å². The summed E-state index contributed by atoms with van der Waals surface area (Å²) in [5, 5.41) is 20.7. The molecule has 0 saturated heterocycles. The molecule has 0 amide bonds. The van der Waals surface area contributed by atoms with Gasteiger partial charge in [0.1, 0.15) is 23.4 Å². The molecule has 0 aliphatic carbocycles. The second-order valence-corrected chi connectivity index (χ2v) is 6.69. The largest absolute Gasteiger partial charge is 0.457 e. The molecule has 2 heterocycles. The Morgan fingerprint density at radius 3 is 2.72 bits per heavy atom. The Morgan fingerprint density at radius 1 is 1.21 bits per heavy atom. The molecular formula is C22H16N4O3.